The minimum Gasteiger partial charge on any atom is -0.351 e. The summed E-state index contributed by atoms with van der Waals surface area (Å²) in [4.78, 5) is 16.7. The van der Waals surface area contributed by atoms with Crippen LogP contribution in [0.4, 0.5) is 0 Å². The molecule has 2 aromatic heterocycles. The number of pyridine rings is 1. The van der Waals surface area contributed by atoms with E-state index in [-0.39, 0.29) is 5.91 Å². The zero-order valence-corrected chi connectivity index (χ0v) is 12.2. The zero-order valence-electron chi connectivity index (χ0n) is 12.2. The molecule has 0 fully saturated rings. The summed E-state index contributed by atoms with van der Waals surface area (Å²) in [5.41, 5.74) is 2.19. The van der Waals surface area contributed by atoms with Gasteiger partial charge in [-0.15, -0.1) is 0 Å². The molecule has 0 bridgehead atoms. The van der Waals surface area contributed by atoms with Crippen LogP contribution < -0.4 is 10.6 Å². The fourth-order valence-electron chi connectivity index (χ4n) is 2.09. The van der Waals surface area contributed by atoms with Crippen LogP contribution in [0, 0.1) is 6.92 Å². The van der Waals surface area contributed by atoms with E-state index in [9.17, 15) is 4.79 Å². The summed E-state index contributed by atoms with van der Waals surface area (Å²) >= 11 is 0. The summed E-state index contributed by atoms with van der Waals surface area (Å²) in [6, 6.07) is 1.80. The molecule has 6 heteroatoms. The van der Waals surface area contributed by atoms with Gasteiger partial charge in [0, 0.05) is 25.8 Å². The van der Waals surface area contributed by atoms with E-state index in [4.69, 9.17) is 0 Å². The smallest absolute Gasteiger partial charge is 0.252 e. The number of fused-ring (bicyclic) bond motifs is 1. The van der Waals surface area contributed by atoms with Crippen molar-refractivity contribution in [1.82, 2.24) is 25.4 Å². The van der Waals surface area contributed by atoms with Gasteiger partial charge in [-0.1, -0.05) is 6.92 Å². The lowest BCUT2D eigenvalue weighted by molar-refractivity contribution is 0.0955. The summed E-state index contributed by atoms with van der Waals surface area (Å²) in [6.45, 7) is 6.36. The van der Waals surface area contributed by atoms with Crippen molar-refractivity contribution in [3.63, 3.8) is 0 Å². The van der Waals surface area contributed by atoms with Crippen molar-refractivity contribution in [2.24, 2.45) is 7.05 Å². The molecule has 0 saturated heterocycles. The molecule has 108 valence electrons. The Bertz CT molecular complexity index is 605. The maximum Gasteiger partial charge on any atom is 0.252 e. The number of carbonyl (C=O) groups excluding carboxylic acids is 1. The van der Waals surface area contributed by atoms with Crippen LogP contribution in [-0.2, 0) is 7.05 Å². The number of amides is 1. The highest BCUT2D eigenvalue weighted by molar-refractivity contribution is 6.05. The van der Waals surface area contributed by atoms with E-state index in [0.29, 0.717) is 12.1 Å². The fraction of sp³-hybridized carbons (Fsp3) is 0.500. The van der Waals surface area contributed by atoms with Gasteiger partial charge in [-0.2, -0.15) is 5.10 Å². The van der Waals surface area contributed by atoms with Crippen LogP contribution >= 0.6 is 0 Å². The highest BCUT2D eigenvalue weighted by atomic mass is 16.1. The van der Waals surface area contributed by atoms with Crippen LogP contribution in [0.5, 0.6) is 0 Å². The standard InChI is InChI=1S/C14H21N5O/c1-4-5-15-6-7-16-14(20)11-8-10(2)18-13-12(11)9-17-19(13)3/h8-9,15H,4-7H2,1-3H3,(H,16,20). The zero-order chi connectivity index (χ0) is 14.5. The van der Waals surface area contributed by atoms with Crippen LogP contribution in [0.25, 0.3) is 11.0 Å². The van der Waals surface area contributed by atoms with Gasteiger partial charge in [-0.05, 0) is 26.0 Å². The summed E-state index contributed by atoms with van der Waals surface area (Å²) < 4.78 is 1.68. The largest absolute Gasteiger partial charge is 0.351 e. The molecule has 0 aromatic carbocycles. The van der Waals surface area contributed by atoms with Gasteiger partial charge in [0.2, 0.25) is 0 Å². The first kappa shape index (κ1) is 14.5. The third kappa shape index (κ3) is 3.14. The van der Waals surface area contributed by atoms with Gasteiger partial charge in [0.05, 0.1) is 17.1 Å². The van der Waals surface area contributed by atoms with E-state index in [1.807, 2.05) is 14.0 Å². The molecule has 0 atom stereocenters. The molecule has 0 saturated carbocycles. The maximum atomic E-state index is 12.2. The number of nitrogens with one attached hydrogen (secondary N) is 2. The maximum absolute atomic E-state index is 12.2. The van der Waals surface area contributed by atoms with Crippen molar-refractivity contribution < 1.29 is 4.79 Å². The highest BCUT2D eigenvalue weighted by Crippen LogP contribution is 2.17. The van der Waals surface area contributed by atoms with Gasteiger partial charge < -0.3 is 10.6 Å². The molecule has 1 amide bonds. The normalized spacial score (nSPS) is 10.9. The molecule has 0 aliphatic rings. The monoisotopic (exact) mass is 275 g/mol. The van der Waals surface area contributed by atoms with Crippen molar-refractivity contribution in [2.75, 3.05) is 19.6 Å². The second-order valence-electron chi connectivity index (χ2n) is 4.82. The van der Waals surface area contributed by atoms with Crippen LogP contribution in [0.3, 0.4) is 0 Å². The predicted octanol–water partition coefficient (Wildman–Crippen LogP) is 1.01. The lowest BCUT2D eigenvalue weighted by Gasteiger charge is -2.08. The molecular formula is C14H21N5O. The molecular weight excluding hydrogens is 254 g/mol. The van der Waals surface area contributed by atoms with Gasteiger partial charge in [-0.3, -0.25) is 9.48 Å². The van der Waals surface area contributed by atoms with Crippen molar-refractivity contribution in [1.29, 1.82) is 0 Å². The van der Waals surface area contributed by atoms with E-state index in [2.05, 4.69) is 27.6 Å². The molecule has 0 aliphatic carbocycles. The first-order valence-corrected chi connectivity index (χ1v) is 6.91. The molecule has 6 nitrogen and oxygen atoms in total. The third-order valence-corrected chi connectivity index (χ3v) is 3.09. The van der Waals surface area contributed by atoms with E-state index < -0.39 is 0 Å². The van der Waals surface area contributed by atoms with Crippen molar-refractivity contribution in [2.45, 2.75) is 20.3 Å². The van der Waals surface area contributed by atoms with Gasteiger partial charge in [-0.25, -0.2) is 4.98 Å². The Morgan fingerprint density at radius 3 is 2.90 bits per heavy atom. The van der Waals surface area contributed by atoms with Crippen LogP contribution in [-0.4, -0.2) is 40.3 Å². The predicted molar refractivity (Wildman–Crippen MR) is 78.7 cm³/mol. The number of hydrogen-bond acceptors (Lipinski definition) is 4. The Labute approximate surface area is 118 Å². The summed E-state index contributed by atoms with van der Waals surface area (Å²) in [6.07, 6.45) is 2.78. The summed E-state index contributed by atoms with van der Waals surface area (Å²) in [5, 5.41) is 11.1. The Morgan fingerprint density at radius 2 is 2.15 bits per heavy atom. The minimum absolute atomic E-state index is 0.0770. The van der Waals surface area contributed by atoms with Gasteiger partial charge in [0.1, 0.15) is 0 Å². The highest BCUT2D eigenvalue weighted by Gasteiger charge is 2.14. The average molecular weight is 275 g/mol. The van der Waals surface area contributed by atoms with Crippen molar-refractivity contribution >= 4 is 16.9 Å². The Morgan fingerprint density at radius 1 is 1.35 bits per heavy atom. The molecule has 0 spiro atoms. The molecule has 2 aromatic rings. The Kier molecular flexibility index (Phi) is 4.68. The molecule has 2 rings (SSSR count). The Balaban J connectivity index is 2.10. The van der Waals surface area contributed by atoms with Crippen LogP contribution in [0.1, 0.15) is 29.4 Å². The molecule has 0 unspecified atom stereocenters. The molecule has 0 aliphatic heterocycles. The molecule has 2 heterocycles. The van der Waals surface area contributed by atoms with Gasteiger partial charge in [0.25, 0.3) is 5.91 Å². The van der Waals surface area contributed by atoms with E-state index in [0.717, 1.165) is 36.2 Å². The number of nitrogens with zero attached hydrogens (tertiary/aromatic N) is 3. The first-order valence-electron chi connectivity index (χ1n) is 6.91. The SMILES string of the molecule is CCCNCCNC(=O)c1cc(C)nc2c1cnn2C. The summed E-state index contributed by atoms with van der Waals surface area (Å²) in [7, 11) is 1.82. The first-order chi connectivity index (χ1) is 9.63. The van der Waals surface area contributed by atoms with Crippen LogP contribution in [0.15, 0.2) is 12.3 Å². The number of aryl methyl sites for hydroxylation is 2. The molecule has 0 radical (unpaired) electrons. The topological polar surface area (TPSA) is 71.8 Å². The lowest BCUT2D eigenvalue weighted by Crippen LogP contribution is -2.32. The van der Waals surface area contributed by atoms with E-state index >= 15 is 0 Å². The fourth-order valence-corrected chi connectivity index (χ4v) is 2.09. The molecule has 20 heavy (non-hydrogen) atoms. The van der Waals surface area contributed by atoms with Crippen LogP contribution in [0.2, 0.25) is 0 Å². The third-order valence-electron chi connectivity index (χ3n) is 3.09. The quantitative estimate of drug-likeness (QED) is 0.772. The Hall–Kier alpha value is -1.95. The second-order valence-corrected chi connectivity index (χ2v) is 4.82. The minimum atomic E-state index is -0.0770. The number of rotatable bonds is 6. The van der Waals surface area contributed by atoms with Crippen molar-refractivity contribution in [3.05, 3.63) is 23.5 Å². The number of hydrogen-bond donors (Lipinski definition) is 2. The number of aromatic nitrogens is 3. The van der Waals surface area contributed by atoms with Crippen molar-refractivity contribution in [3.8, 4) is 0 Å². The average Bonchev–Trinajstić information content (AvgIpc) is 2.79. The van der Waals surface area contributed by atoms with E-state index in [1.54, 1.807) is 16.9 Å². The number of carbonyl (C=O) groups is 1. The van der Waals surface area contributed by atoms with Gasteiger partial charge in [0.15, 0.2) is 5.65 Å². The van der Waals surface area contributed by atoms with Gasteiger partial charge >= 0.3 is 0 Å². The molecule has 2 N–H and O–H groups in total. The van der Waals surface area contributed by atoms with E-state index in [1.165, 1.54) is 0 Å². The second kappa shape index (κ2) is 6.47. The summed E-state index contributed by atoms with van der Waals surface area (Å²) in [5.74, 6) is -0.0770. The lowest BCUT2D eigenvalue weighted by atomic mass is 10.1.